The Balaban J connectivity index is 3.38. The smallest absolute Gasteiger partial charge is 0.417 e. The van der Waals surface area contributed by atoms with Crippen LogP contribution < -0.4 is 5.11 Å². The van der Waals surface area contributed by atoms with Crippen LogP contribution in [0.1, 0.15) is 15.9 Å². The molecule has 0 spiro atoms. The fourth-order valence-corrected chi connectivity index (χ4v) is 0.929. The van der Waals surface area contributed by atoms with Gasteiger partial charge in [0.05, 0.1) is 11.5 Å². The first-order chi connectivity index (χ1) is 6.32. The average Bonchev–Trinajstić information content (AvgIpc) is 2.01. The highest BCUT2D eigenvalue weighted by Gasteiger charge is 2.33. The Morgan fingerprint density at radius 1 is 1.29 bits per heavy atom. The van der Waals surface area contributed by atoms with Crippen LogP contribution in [0.4, 0.5) is 17.6 Å². The van der Waals surface area contributed by atoms with Crippen molar-refractivity contribution in [2.24, 2.45) is 0 Å². The molecule has 14 heavy (non-hydrogen) atoms. The van der Waals surface area contributed by atoms with Gasteiger partial charge in [-0.1, -0.05) is 0 Å². The highest BCUT2D eigenvalue weighted by molar-refractivity contribution is 5.87. The van der Waals surface area contributed by atoms with Gasteiger partial charge < -0.3 is 9.90 Å². The van der Waals surface area contributed by atoms with Gasteiger partial charge in [0.1, 0.15) is 5.82 Å². The average molecular weight is 207 g/mol. The molecule has 1 aromatic carbocycles. The Morgan fingerprint density at radius 2 is 1.86 bits per heavy atom. The van der Waals surface area contributed by atoms with Gasteiger partial charge in [-0.2, -0.15) is 13.2 Å². The third-order valence-corrected chi connectivity index (χ3v) is 1.51. The number of carbonyl (C=O) groups is 1. The maximum Gasteiger partial charge on any atom is 0.417 e. The standard InChI is InChI=1S/C8H4F4O2/c9-4-1-2-5(7(13)14)6(3-4)8(10,11)12/h1-3H,(H,13,14)/p-1. The summed E-state index contributed by atoms with van der Waals surface area (Å²) in [5, 5.41) is 10.2. The minimum absolute atomic E-state index is 0.116. The molecule has 0 N–H and O–H groups in total. The number of carboxylic acid groups (broad SMARTS) is 1. The van der Waals surface area contributed by atoms with Crippen LogP contribution in [0.25, 0.3) is 0 Å². The van der Waals surface area contributed by atoms with Crippen LogP contribution >= 0.6 is 0 Å². The van der Waals surface area contributed by atoms with Gasteiger partial charge in [0.25, 0.3) is 0 Å². The molecule has 0 radical (unpaired) electrons. The lowest BCUT2D eigenvalue weighted by molar-refractivity contribution is -0.255. The van der Waals surface area contributed by atoms with Crippen LogP contribution in [0.3, 0.4) is 0 Å². The second kappa shape index (κ2) is 3.28. The van der Waals surface area contributed by atoms with Gasteiger partial charge in [0.15, 0.2) is 0 Å². The summed E-state index contributed by atoms with van der Waals surface area (Å²) >= 11 is 0. The van der Waals surface area contributed by atoms with E-state index in [-0.39, 0.29) is 6.07 Å². The Kier molecular flexibility index (Phi) is 2.46. The molecule has 2 nitrogen and oxygen atoms in total. The molecule has 1 rings (SSSR count). The SMILES string of the molecule is O=C([O-])c1ccc(F)cc1C(F)(F)F. The molecule has 0 amide bonds. The normalized spacial score (nSPS) is 11.4. The molecule has 0 saturated carbocycles. The zero-order chi connectivity index (χ0) is 10.9. The van der Waals surface area contributed by atoms with E-state index in [1.165, 1.54) is 0 Å². The number of carbonyl (C=O) groups excluding carboxylic acids is 1. The highest BCUT2D eigenvalue weighted by Crippen LogP contribution is 2.32. The van der Waals surface area contributed by atoms with Gasteiger partial charge in [-0.15, -0.1) is 0 Å². The second-order valence-electron chi connectivity index (χ2n) is 2.48. The molecule has 0 bridgehead atoms. The first-order valence-electron chi connectivity index (χ1n) is 3.40. The molecule has 6 heteroatoms. The lowest BCUT2D eigenvalue weighted by Crippen LogP contribution is -2.26. The number of aromatic carboxylic acids is 1. The number of alkyl halides is 3. The molecular weight excluding hydrogens is 204 g/mol. The van der Waals surface area contributed by atoms with E-state index < -0.39 is 29.1 Å². The summed E-state index contributed by atoms with van der Waals surface area (Å²) in [5.74, 6) is -3.14. The van der Waals surface area contributed by atoms with Crippen molar-refractivity contribution >= 4 is 5.97 Å². The van der Waals surface area contributed by atoms with Crippen LogP contribution in [-0.2, 0) is 6.18 Å². The third-order valence-electron chi connectivity index (χ3n) is 1.51. The molecule has 0 unspecified atom stereocenters. The number of carboxylic acids is 1. The topological polar surface area (TPSA) is 40.1 Å². The molecule has 76 valence electrons. The molecule has 0 saturated heterocycles. The summed E-state index contributed by atoms with van der Waals surface area (Å²) in [4.78, 5) is 10.2. The molecule has 0 aliphatic carbocycles. The quantitative estimate of drug-likeness (QED) is 0.649. The van der Waals surface area contributed by atoms with Crippen molar-refractivity contribution in [2.75, 3.05) is 0 Å². The maximum atomic E-state index is 12.4. The van der Waals surface area contributed by atoms with Gasteiger partial charge in [0.2, 0.25) is 0 Å². The highest BCUT2D eigenvalue weighted by atomic mass is 19.4. The van der Waals surface area contributed by atoms with Crippen molar-refractivity contribution in [3.05, 3.63) is 35.1 Å². The number of benzene rings is 1. The Bertz CT molecular complexity index is 370. The summed E-state index contributed by atoms with van der Waals surface area (Å²) in [6, 6.07) is 1.26. The lowest BCUT2D eigenvalue weighted by atomic mass is 10.1. The summed E-state index contributed by atoms with van der Waals surface area (Å²) in [7, 11) is 0. The second-order valence-corrected chi connectivity index (χ2v) is 2.48. The van der Waals surface area contributed by atoms with Crippen molar-refractivity contribution in [1.29, 1.82) is 0 Å². The number of halogens is 4. The summed E-state index contributed by atoms with van der Waals surface area (Å²) < 4.78 is 48.8. The first-order valence-corrected chi connectivity index (χ1v) is 3.40. The van der Waals surface area contributed by atoms with Crippen LogP contribution in [0.2, 0.25) is 0 Å². The Labute approximate surface area is 75.8 Å². The molecule has 0 aliphatic rings. The summed E-state index contributed by atoms with van der Waals surface area (Å²) in [6.45, 7) is 0. The fraction of sp³-hybridized carbons (Fsp3) is 0.125. The van der Waals surface area contributed by atoms with E-state index in [0.717, 1.165) is 0 Å². The predicted octanol–water partition coefficient (Wildman–Crippen LogP) is 1.21. The van der Waals surface area contributed by atoms with E-state index in [1.807, 2.05) is 0 Å². The Hall–Kier alpha value is -1.59. The van der Waals surface area contributed by atoms with Crippen LogP contribution in [0.5, 0.6) is 0 Å². The van der Waals surface area contributed by atoms with Crippen molar-refractivity contribution in [2.45, 2.75) is 6.18 Å². The van der Waals surface area contributed by atoms with Crippen molar-refractivity contribution in [1.82, 2.24) is 0 Å². The molecular formula is C8H3F4O2-. The molecule has 0 aromatic heterocycles. The summed E-state index contributed by atoms with van der Waals surface area (Å²) in [5.41, 5.74) is -2.61. The number of rotatable bonds is 1. The van der Waals surface area contributed by atoms with E-state index in [4.69, 9.17) is 0 Å². The van der Waals surface area contributed by atoms with Crippen LogP contribution in [0, 0.1) is 5.82 Å². The van der Waals surface area contributed by atoms with E-state index in [9.17, 15) is 27.5 Å². The largest absolute Gasteiger partial charge is 0.545 e. The van der Waals surface area contributed by atoms with E-state index >= 15 is 0 Å². The van der Waals surface area contributed by atoms with Crippen LogP contribution in [-0.4, -0.2) is 5.97 Å². The number of hydrogen-bond acceptors (Lipinski definition) is 2. The molecule has 0 heterocycles. The molecule has 0 atom stereocenters. The van der Waals surface area contributed by atoms with Crippen molar-refractivity contribution in [3.63, 3.8) is 0 Å². The predicted molar refractivity (Wildman–Crippen MR) is 35.7 cm³/mol. The van der Waals surface area contributed by atoms with Gasteiger partial charge in [-0.25, -0.2) is 4.39 Å². The zero-order valence-corrected chi connectivity index (χ0v) is 6.56. The number of hydrogen-bond donors (Lipinski definition) is 0. The van der Waals surface area contributed by atoms with Gasteiger partial charge >= 0.3 is 6.18 Å². The van der Waals surface area contributed by atoms with E-state index in [1.54, 1.807) is 0 Å². The van der Waals surface area contributed by atoms with Crippen molar-refractivity contribution < 1.29 is 27.5 Å². The van der Waals surface area contributed by atoms with Gasteiger partial charge in [-0.3, -0.25) is 0 Å². The molecule has 0 fully saturated rings. The third kappa shape index (κ3) is 2.01. The van der Waals surface area contributed by atoms with E-state index in [0.29, 0.717) is 12.1 Å². The van der Waals surface area contributed by atoms with Crippen molar-refractivity contribution in [3.8, 4) is 0 Å². The monoisotopic (exact) mass is 207 g/mol. The van der Waals surface area contributed by atoms with Gasteiger partial charge in [-0.05, 0) is 18.2 Å². The molecule has 1 aromatic rings. The zero-order valence-electron chi connectivity index (χ0n) is 6.56. The lowest BCUT2D eigenvalue weighted by Gasteiger charge is -2.12. The Morgan fingerprint density at radius 3 is 2.29 bits per heavy atom. The minimum atomic E-state index is -4.91. The van der Waals surface area contributed by atoms with Crippen LogP contribution in [0.15, 0.2) is 18.2 Å². The first kappa shape index (κ1) is 10.5. The molecule has 0 aliphatic heterocycles. The fourth-order valence-electron chi connectivity index (χ4n) is 0.929. The summed E-state index contributed by atoms with van der Waals surface area (Å²) in [6.07, 6.45) is -4.91. The maximum absolute atomic E-state index is 12.4. The van der Waals surface area contributed by atoms with Gasteiger partial charge in [0, 0.05) is 5.56 Å². The van der Waals surface area contributed by atoms with E-state index in [2.05, 4.69) is 0 Å². The minimum Gasteiger partial charge on any atom is -0.545 e.